The Morgan fingerprint density at radius 2 is 1.00 bits per heavy atom. The van der Waals surface area contributed by atoms with Crippen LogP contribution < -0.4 is 0 Å². The Labute approximate surface area is 224 Å². The fraction of sp³-hybridized carbons (Fsp3) is 0.697. The van der Waals surface area contributed by atoms with E-state index in [2.05, 4.69) is 81.5 Å². The Kier molecular flexibility index (Phi) is 21.2. The molecule has 0 radical (unpaired) electrons. The highest BCUT2D eigenvalue weighted by atomic mass is 16.7. The summed E-state index contributed by atoms with van der Waals surface area (Å²) in [7, 11) is 4.20. The van der Waals surface area contributed by atoms with Crippen molar-refractivity contribution in [1.82, 2.24) is 4.90 Å². The molecule has 0 aromatic rings. The zero-order valence-corrected chi connectivity index (χ0v) is 24.2. The summed E-state index contributed by atoms with van der Waals surface area (Å²) in [4.78, 5) is 2.19. The van der Waals surface area contributed by atoms with Crippen molar-refractivity contribution >= 4 is 0 Å². The molecule has 1 heterocycles. The van der Waals surface area contributed by atoms with Gasteiger partial charge in [-0.25, -0.2) is 0 Å². The van der Waals surface area contributed by atoms with E-state index in [0.717, 1.165) is 75.9 Å². The molecule has 3 nitrogen and oxygen atoms in total. The van der Waals surface area contributed by atoms with Gasteiger partial charge in [-0.05, 0) is 78.3 Å². The third-order valence-corrected chi connectivity index (χ3v) is 6.38. The summed E-state index contributed by atoms with van der Waals surface area (Å²) < 4.78 is 12.5. The Hall–Kier alpha value is -1.74. The molecule has 0 saturated heterocycles. The van der Waals surface area contributed by atoms with Crippen LogP contribution in [0.2, 0.25) is 0 Å². The number of hydrogen-bond donors (Lipinski definition) is 0. The van der Waals surface area contributed by atoms with Crippen LogP contribution in [0.3, 0.4) is 0 Å². The van der Waals surface area contributed by atoms with Crippen molar-refractivity contribution in [2.45, 2.75) is 129 Å². The maximum absolute atomic E-state index is 6.24. The summed E-state index contributed by atoms with van der Waals surface area (Å²) in [5.74, 6) is 2.20. The summed E-state index contributed by atoms with van der Waals surface area (Å²) in [6.45, 7) is 5.49. The average Bonchev–Trinajstić information content (AvgIpc) is 3.26. The second-order valence-electron chi connectivity index (χ2n) is 10.2. The molecular formula is C33H57NO2. The second kappa shape index (κ2) is 23.6. The Morgan fingerprint density at radius 1 is 0.583 bits per heavy atom. The first-order valence-electron chi connectivity index (χ1n) is 15.0. The molecule has 206 valence electrons. The molecule has 3 heteroatoms. The first-order valence-corrected chi connectivity index (χ1v) is 15.0. The maximum Gasteiger partial charge on any atom is 0.241 e. The van der Waals surface area contributed by atoms with E-state index in [1.54, 1.807) is 0 Å². The summed E-state index contributed by atoms with van der Waals surface area (Å²) in [5.41, 5.74) is 0. The molecule has 0 unspecified atom stereocenters. The van der Waals surface area contributed by atoms with E-state index in [9.17, 15) is 0 Å². The normalized spacial score (nSPS) is 15.0. The van der Waals surface area contributed by atoms with E-state index in [4.69, 9.17) is 9.47 Å². The molecule has 0 atom stereocenters. The zero-order valence-electron chi connectivity index (χ0n) is 24.2. The van der Waals surface area contributed by atoms with Gasteiger partial charge in [-0.2, -0.15) is 0 Å². The van der Waals surface area contributed by atoms with Crippen LogP contribution >= 0.6 is 0 Å². The molecule has 0 bridgehead atoms. The van der Waals surface area contributed by atoms with Gasteiger partial charge in [0.2, 0.25) is 6.29 Å². The molecule has 1 aliphatic rings. The summed E-state index contributed by atoms with van der Waals surface area (Å²) >= 11 is 0. The lowest BCUT2D eigenvalue weighted by Gasteiger charge is -2.15. The van der Waals surface area contributed by atoms with E-state index in [-0.39, 0.29) is 6.29 Å². The van der Waals surface area contributed by atoms with Gasteiger partial charge >= 0.3 is 0 Å². The van der Waals surface area contributed by atoms with Crippen LogP contribution in [0.15, 0.2) is 60.1 Å². The predicted octanol–water partition coefficient (Wildman–Crippen LogP) is 10.0. The molecule has 1 aliphatic heterocycles. The molecule has 36 heavy (non-hydrogen) atoms. The fourth-order valence-corrected chi connectivity index (χ4v) is 4.15. The molecule has 0 aromatic heterocycles. The number of rotatable bonds is 23. The third kappa shape index (κ3) is 18.5. The monoisotopic (exact) mass is 499 g/mol. The van der Waals surface area contributed by atoms with Crippen LogP contribution in [0.1, 0.15) is 123 Å². The topological polar surface area (TPSA) is 21.7 Å². The lowest BCUT2D eigenvalue weighted by Crippen LogP contribution is -2.20. The number of allylic oxidation sites excluding steroid dienone is 10. The van der Waals surface area contributed by atoms with E-state index in [1.807, 2.05) is 0 Å². The molecule has 0 fully saturated rings. The molecule has 0 spiro atoms. The van der Waals surface area contributed by atoms with Gasteiger partial charge < -0.3 is 14.4 Å². The van der Waals surface area contributed by atoms with Gasteiger partial charge in [0.05, 0.1) is 0 Å². The minimum Gasteiger partial charge on any atom is -0.456 e. The first kappa shape index (κ1) is 32.3. The van der Waals surface area contributed by atoms with Crippen LogP contribution in [-0.4, -0.2) is 31.8 Å². The Balaban J connectivity index is 2.33. The number of ether oxygens (including phenoxy) is 2. The van der Waals surface area contributed by atoms with E-state index < -0.39 is 0 Å². The van der Waals surface area contributed by atoms with Gasteiger partial charge in [-0.1, -0.05) is 88.1 Å². The van der Waals surface area contributed by atoms with Crippen LogP contribution in [-0.2, 0) is 9.47 Å². The quantitative estimate of drug-likeness (QED) is 0.103. The summed E-state index contributed by atoms with van der Waals surface area (Å²) in [6, 6.07) is 0. The van der Waals surface area contributed by atoms with Gasteiger partial charge in [0, 0.05) is 25.8 Å². The summed E-state index contributed by atoms with van der Waals surface area (Å²) in [6.07, 6.45) is 38.1. The molecule has 1 rings (SSSR count). The highest BCUT2D eigenvalue weighted by Gasteiger charge is 2.26. The number of hydrogen-bond acceptors (Lipinski definition) is 3. The van der Waals surface area contributed by atoms with Crippen molar-refractivity contribution in [3.05, 3.63) is 60.1 Å². The number of unbranched alkanes of at least 4 members (excludes halogenated alkanes) is 8. The van der Waals surface area contributed by atoms with Gasteiger partial charge in [0.15, 0.2) is 0 Å². The minimum absolute atomic E-state index is 0.112. The number of nitrogens with zero attached hydrogens (tertiary/aromatic N) is 1. The van der Waals surface area contributed by atoms with Crippen molar-refractivity contribution in [3.8, 4) is 0 Å². The third-order valence-electron chi connectivity index (χ3n) is 6.38. The Morgan fingerprint density at radius 3 is 1.39 bits per heavy atom. The predicted molar refractivity (Wildman–Crippen MR) is 158 cm³/mol. The molecule has 0 aromatic carbocycles. The summed E-state index contributed by atoms with van der Waals surface area (Å²) in [5, 5.41) is 0. The molecule has 0 aliphatic carbocycles. The SMILES string of the molecule is CCCCC/C=C\C/C=C\CCCC1=C(CCC/C=C\C/C=C\CCCCC)OC(CCN(C)C)O1. The zero-order chi connectivity index (χ0) is 26.1. The molecule has 0 saturated carbocycles. The second-order valence-corrected chi connectivity index (χ2v) is 10.2. The van der Waals surface area contributed by atoms with E-state index in [0.29, 0.717) is 0 Å². The van der Waals surface area contributed by atoms with E-state index >= 15 is 0 Å². The van der Waals surface area contributed by atoms with Crippen molar-refractivity contribution < 1.29 is 9.47 Å². The fourth-order valence-electron chi connectivity index (χ4n) is 4.15. The van der Waals surface area contributed by atoms with Crippen LogP contribution in [0.5, 0.6) is 0 Å². The first-order chi connectivity index (χ1) is 17.7. The molecular weight excluding hydrogens is 442 g/mol. The highest BCUT2D eigenvalue weighted by Crippen LogP contribution is 2.31. The standard InChI is InChI=1S/C33H57NO2/c1-5-7-9-11-13-15-17-19-21-23-25-27-31-32(36-33(35-31)29-30-34(3)4)28-26-24-22-20-18-16-14-12-10-8-6-2/h13-16,19-22,33H,5-12,17-18,23-30H2,1-4H3/b15-13-,16-14-,21-19-,22-20-. The van der Waals surface area contributed by atoms with Gasteiger partial charge in [-0.15, -0.1) is 0 Å². The van der Waals surface area contributed by atoms with Crippen LogP contribution in [0.25, 0.3) is 0 Å². The van der Waals surface area contributed by atoms with Crippen molar-refractivity contribution in [2.75, 3.05) is 20.6 Å². The lowest BCUT2D eigenvalue weighted by molar-refractivity contribution is -0.0501. The average molecular weight is 500 g/mol. The van der Waals surface area contributed by atoms with Crippen molar-refractivity contribution in [2.24, 2.45) is 0 Å². The van der Waals surface area contributed by atoms with Gasteiger partial charge in [0.1, 0.15) is 11.5 Å². The maximum atomic E-state index is 6.24. The van der Waals surface area contributed by atoms with E-state index in [1.165, 1.54) is 51.4 Å². The van der Waals surface area contributed by atoms with Crippen LogP contribution in [0, 0.1) is 0 Å². The molecule has 0 N–H and O–H groups in total. The highest BCUT2D eigenvalue weighted by molar-refractivity contribution is 5.07. The van der Waals surface area contributed by atoms with Crippen LogP contribution in [0.4, 0.5) is 0 Å². The van der Waals surface area contributed by atoms with Gasteiger partial charge in [-0.3, -0.25) is 0 Å². The molecule has 0 amide bonds. The Bertz CT molecular complexity index is 607. The minimum atomic E-state index is -0.112. The van der Waals surface area contributed by atoms with Crippen molar-refractivity contribution in [3.63, 3.8) is 0 Å². The smallest absolute Gasteiger partial charge is 0.241 e. The van der Waals surface area contributed by atoms with Crippen molar-refractivity contribution in [1.29, 1.82) is 0 Å². The van der Waals surface area contributed by atoms with Gasteiger partial charge in [0.25, 0.3) is 0 Å². The lowest BCUT2D eigenvalue weighted by atomic mass is 10.1. The largest absolute Gasteiger partial charge is 0.456 e.